The molecule has 1 unspecified atom stereocenters. The second-order valence-electron chi connectivity index (χ2n) is 9.59. The monoisotopic (exact) mass is 503 g/mol. The van der Waals surface area contributed by atoms with E-state index in [1.165, 1.54) is 11.1 Å². The third-order valence-corrected chi connectivity index (χ3v) is 5.89. The highest BCUT2D eigenvalue weighted by Gasteiger charge is 2.14. The first-order valence-corrected chi connectivity index (χ1v) is 12.9. The summed E-state index contributed by atoms with van der Waals surface area (Å²) in [6.45, 7) is 6.81. The summed E-state index contributed by atoms with van der Waals surface area (Å²) in [4.78, 5) is 23.6. The molecule has 0 heterocycles. The zero-order chi connectivity index (χ0) is 26.6. The number of amides is 1. The van der Waals surface area contributed by atoms with Crippen LogP contribution in [0, 0.1) is 5.92 Å². The maximum absolute atomic E-state index is 12.9. The van der Waals surface area contributed by atoms with Gasteiger partial charge >= 0.3 is 5.97 Å². The molecular weight excluding hydrogens is 466 g/mol. The lowest BCUT2D eigenvalue weighted by molar-refractivity contribution is -0.137. The van der Waals surface area contributed by atoms with Gasteiger partial charge in [0.1, 0.15) is 17.6 Å². The summed E-state index contributed by atoms with van der Waals surface area (Å²) in [6.07, 6.45) is 3.24. The average molecular weight is 504 g/mol. The molecule has 3 aromatic carbocycles. The average Bonchev–Trinajstić information content (AvgIpc) is 2.87. The number of hydrogen-bond donors (Lipinski definition) is 2. The largest absolute Gasteiger partial charge is 0.493 e. The standard InChI is InChI=1S/C31H37NO5/c1-4-26(21-24-10-7-9-23(20-24)19-22(2)3)37-27-16-14-25(15-17-27)32-31(35)28-11-5-6-12-29(28)36-18-8-13-30(33)34/h5-7,9-12,14-17,20,22,26H,4,8,13,18-19,21H2,1-3H3,(H,32,35)(H,33,34). The van der Waals surface area contributed by atoms with Crippen molar-refractivity contribution in [1.29, 1.82) is 0 Å². The molecule has 0 aromatic heterocycles. The molecule has 0 aliphatic carbocycles. The number of hydrogen-bond acceptors (Lipinski definition) is 4. The molecule has 37 heavy (non-hydrogen) atoms. The van der Waals surface area contributed by atoms with E-state index >= 15 is 0 Å². The van der Waals surface area contributed by atoms with Gasteiger partial charge in [0.2, 0.25) is 0 Å². The van der Waals surface area contributed by atoms with Crippen molar-refractivity contribution in [2.45, 2.75) is 59.0 Å². The molecule has 0 aliphatic rings. The first kappa shape index (κ1) is 27.8. The number of nitrogens with one attached hydrogen (secondary N) is 1. The smallest absolute Gasteiger partial charge is 0.303 e. The molecule has 2 N–H and O–H groups in total. The third-order valence-electron chi connectivity index (χ3n) is 5.89. The number of para-hydroxylation sites is 1. The van der Waals surface area contributed by atoms with Gasteiger partial charge in [0, 0.05) is 18.5 Å². The minimum Gasteiger partial charge on any atom is -0.493 e. The number of rotatable bonds is 14. The van der Waals surface area contributed by atoms with E-state index in [4.69, 9.17) is 14.6 Å². The molecular formula is C31H37NO5. The Morgan fingerprint density at radius 3 is 2.30 bits per heavy atom. The van der Waals surface area contributed by atoms with Crippen molar-refractivity contribution in [3.05, 3.63) is 89.5 Å². The predicted molar refractivity (Wildman–Crippen MR) is 147 cm³/mol. The topological polar surface area (TPSA) is 84.9 Å². The molecule has 196 valence electrons. The zero-order valence-corrected chi connectivity index (χ0v) is 21.9. The summed E-state index contributed by atoms with van der Waals surface area (Å²) in [6, 6.07) is 23.0. The van der Waals surface area contributed by atoms with Crippen molar-refractivity contribution in [2.75, 3.05) is 11.9 Å². The number of aliphatic carboxylic acids is 1. The maximum atomic E-state index is 12.9. The van der Waals surface area contributed by atoms with E-state index in [0.29, 0.717) is 29.3 Å². The molecule has 6 heteroatoms. The van der Waals surface area contributed by atoms with Crippen LogP contribution in [-0.4, -0.2) is 29.7 Å². The first-order chi connectivity index (χ1) is 17.8. The fourth-order valence-electron chi connectivity index (χ4n) is 4.08. The Kier molecular flexibility index (Phi) is 10.6. The van der Waals surface area contributed by atoms with Crippen LogP contribution in [0.2, 0.25) is 0 Å². The summed E-state index contributed by atoms with van der Waals surface area (Å²) in [5.74, 6) is 0.634. The van der Waals surface area contributed by atoms with E-state index in [0.717, 1.165) is 25.0 Å². The molecule has 6 nitrogen and oxygen atoms in total. The summed E-state index contributed by atoms with van der Waals surface area (Å²) in [5.41, 5.74) is 3.67. The number of anilines is 1. The molecule has 0 aliphatic heterocycles. The SMILES string of the molecule is CCC(Cc1cccc(CC(C)C)c1)Oc1ccc(NC(=O)c2ccccc2OCCCC(=O)O)cc1. The zero-order valence-electron chi connectivity index (χ0n) is 21.9. The highest BCUT2D eigenvalue weighted by Crippen LogP contribution is 2.23. The molecule has 3 aromatic rings. The number of ether oxygens (including phenoxy) is 2. The van der Waals surface area contributed by atoms with E-state index in [2.05, 4.69) is 50.4 Å². The number of carboxylic acid groups (broad SMARTS) is 1. The second kappa shape index (κ2) is 14.1. The van der Waals surface area contributed by atoms with E-state index in [-0.39, 0.29) is 25.0 Å². The lowest BCUT2D eigenvalue weighted by atomic mass is 9.98. The summed E-state index contributed by atoms with van der Waals surface area (Å²) in [5, 5.41) is 11.7. The first-order valence-electron chi connectivity index (χ1n) is 12.9. The Morgan fingerprint density at radius 1 is 0.919 bits per heavy atom. The van der Waals surface area contributed by atoms with E-state index in [1.54, 1.807) is 24.3 Å². The minimum absolute atomic E-state index is 0.0200. The van der Waals surface area contributed by atoms with E-state index in [1.807, 2.05) is 24.3 Å². The number of carbonyl (C=O) groups excluding carboxylic acids is 1. The van der Waals surface area contributed by atoms with Crippen molar-refractivity contribution in [3.63, 3.8) is 0 Å². The molecule has 0 saturated carbocycles. The van der Waals surface area contributed by atoms with Gasteiger partial charge in [0.25, 0.3) is 5.91 Å². The van der Waals surface area contributed by atoms with Crippen LogP contribution in [0.3, 0.4) is 0 Å². The number of benzene rings is 3. The van der Waals surface area contributed by atoms with Gasteiger partial charge in [0.05, 0.1) is 12.2 Å². The normalized spacial score (nSPS) is 11.7. The lowest BCUT2D eigenvalue weighted by Crippen LogP contribution is -2.18. The minimum atomic E-state index is -0.872. The van der Waals surface area contributed by atoms with Crippen molar-refractivity contribution in [3.8, 4) is 11.5 Å². The molecule has 1 atom stereocenters. The Morgan fingerprint density at radius 2 is 1.62 bits per heavy atom. The summed E-state index contributed by atoms with van der Waals surface area (Å²) < 4.78 is 11.9. The van der Waals surface area contributed by atoms with Crippen LogP contribution in [-0.2, 0) is 17.6 Å². The maximum Gasteiger partial charge on any atom is 0.303 e. The molecule has 0 spiro atoms. The fraction of sp³-hybridized carbons (Fsp3) is 0.355. The van der Waals surface area contributed by atoms with Crippen molar-refractivity contribution >= 4 is 17.6 Å². The fourth-order valence-corrected chi connectivity index (χ4v) is 4.08. The van der Waals surface area contributed by atoms with Crippen molar-refractivity contribution in [1.82, 2.24) is 0 Å². The molecule has 0 radical (unpaired) electrons. The van der Waals surface area contributed by atoms with Crippen LogP contribution in [0.25, 0.3) is 0 Å². The van der Waals surface area contributed by atoms with Crippen LogP contribution in [0.15, 0.2) is 72.8 Å². The van der Waals surface area contributed by atoms with Crippen molar-refractivity contribution < 1.29 is 24.2 Å². The van der Waals surface area contributed by atoms with Gasteiger partial charge in [-0.2, -0.15) is 0 Å². The van der Waals surface area contributed by atoms with Gasteiger partial charge in [0.15, 0.2) is 0 Å². The quantitative estimate of drug-likeness (QED) is 0.237. The predicted octanol–water partition coefficient (Wildman–Crippen LogP) is 6.78. The van der Waals surface area contributed by atoms with E-state index in [9.17, 15) is 9.59 Å². The van der Waals surface area contributed by atoms with Crippen LogP contribution in [0.1, 0.15) is 61.5 Å². The van der Waals surface area contributed by atoms with Crippen LogP contribution in [0.4, 0.5) is 5.69 Å². The second-order valence-corrected chi connectivity index (χ2v) is 9.59. The third kappa shape index (κ3) is 9.30. The van der Waals surface area contributed by atoms with Gasteiger partial charge in [-0.05, 0) is 72.7 Å². The molecule has 0 saturated heterocycles. The highest BCUT2D eigenvalue weighted by atomic mass is 16.5. The van der Waals surface area contributed by atoms with Gasteiger partial charge in [-0.3, -0.25) is 9.59 Å². The summed E-state index contributed by atoms with van der Waals surface area (Å²) in [7, 11) is 0. The van der Waals surface area contributed by atoms with Crippen LogP contribution < -0.4 is 14.8 Å². The van der Waals surface area contributed by atoms with Crippen molar-refractivity contribution in [2.24, 2.45) is 5.92 Å². The van der Waals surface area contributed by atoms with Gasteiger partial charge < -0.3 is 19.9 Å². The highest BCUT2D eigenvalue weighted by molar-refractivity contribution is 6.06. The molecule has 0 fully saturated rings. The molecule has 0 bridgehead atoms. The van der Waals surface area contributed by atoms with Crippen LogP contribution >= 0.6 is 0 Å². The lowest BCUT2D eigenvalue weighted by Gasteiger charge is -2.19. The Hall–Kier alpha value is -3.80. The Labute approximate surface area is 219 Å². The molecule has 3 rings (SSSR count). The molecule has 1 amide bonds. The Balaban J connectivity index is 1.57. The Bertz CT molecular complexity index is 1160. The summed E-state index contributed by atoms with van der Waals surface area (Å²) >= 11 is 0. The number of carbonyl (C=O) groups is 2. The van der Waals surface area contributed by atoms with Gasteiger partial charge in [-0.25, -0.2) is 0 Å². The van der Waals surface area contributed by atoms with Gasteiger partial charge in [-0.1, -0.05) is 57.2 Å². The van der Waals surface area contributed by atoms with Crippen LogP contribution in [0.5, 0.6) is 11.5 Å². The van der Waals surface area contributed by atoms with Gasteiger partial charge in [-0.15, -0.1) is 0 Å². The van der Waals surface area contributed by atoms with E-state index < -0.39 is 5.97 Å². The number of carboxylic acids is 1.